The molecule has 0 atom stereocenters. The van der Waals surface area contributed by atoms with Gasteiger partial charge in [-0.05, 0) is 39.2 Å². The smallest absolute Gasteiger partial charge is 0.242 e. The number of rotatable bonds is 4. The number of amides is 1. The molecule has 0 aliphatic carbocycles. The van der Waals surface area contributed by atoms with Crippen LogP contribution in [0.5, 0.6) is 0 Å². The number of nitrogens with one attached hydrogen (secondary N) is 1. The van der Waals surface area contributed by atoms with E-state index in [0.29, 0.717) is 5.41 Å². The largest absolute Gasteiger partial charge is 0.341 e. The lowest BCUT2D eigenvalue weighted by atomic mass is 9.74. The maximum absolute atomic E-state index is 12.3. The summed E-state index contributed by atoms with van der Waals surface area (Å²) in [6.45, 7) is 10.3. The standard InChI is InChI=1S/C14H28N2O/c1-6-14(7-2)8-10-16(11-9-14)12(17)13(3,4)15-5/h15H,6-11H2,1-5H3. The molecule has 1 N–H and O–H groups in total. The van der Waals surface area contributed by atoms with E-state index in [-0.39, 0.29) is 5.91 Å². The Morgan fingerprint density at radius 2 is 1.71 bits per heavy atom. The Morgan fingerprint density at radius 3 is 2.06 bits per heavy atom. The number of carbonyl (C=O) groups is 1. The number of nitrogens with zero attached hydrogens (tertiary/aromatic N) is 1. The van der Waals surface area contributed by atoms with Gasteiger partial charge >= 0.3 is 0 Å². The minimum absolute atomic E-state index is 0.237. The van der Waals surface area contributed by atoms with Crippen molar-refractivity contribution < 1.29 is 4.79 Å². The van der Waals surface area contributed by atoms with Crippen molar-refractivity contribution >= 4 is 5.91 Å². The van der Waals surface area contributed by atoms with Gasteiger partial charge < -0.3 is 10.2 Å². The van der Waals surface area contributed by atoms with E-state index < -0.39 is 5.54 Å². The van der Waals surface area contributed by atoms with E-state index in [1.165, 1.54) is 12.8 Å². The summed E-state index contributed by atoms with van der Waals surface area (Å²) in [7, 11) is 1.85. The summed E-state index contributed by atoms with van der Waals surface area (Å²) < 4.78 is 0. The number of hydrogen-bond donors (Lipinski definition) is 1. The van der Waals surface area contributed by atoms with Crippen molar-refractivity contribution in [2.24, 2.45) is 5.41 Å². The van der Waals surface area contributed by atoms with Crippen molar-refractivity contribution in [2.45, 2.75) is 58.9 Å². The van der Waals surface area contributed by atoms with Gasteiger partial charge in [0.2, 0.25) is 5.91 Å². The van der Waals surface area contributed by atoms with Crippen LogP contribution in [-0.4, -0.2) is 36.5 Å². The maximum Gasteiger partial charge on any atom is 0.242 e. The number of hydrogen-bond acceptors (Lipinski definition) is 2. The van der Waals surface area contributed by atoms with Crippen molar-refractivity contribution in [2.75, 3.05) is 20.1 Å². The van der Waals surface area contributed by atoms with Gasteiger partial charge in [0, 0.05) is 13.1 Å². The van der Waals surface area contributed by atoms with Gasteiger partial charge in [0.25, 0.3) is 0 Å². The molecule has 1 saturated heterocycles. The predicted octanol–water partition coefficient (Wildman–Crippen LogP) is 2.41. The second-order valence-electron chi connectivity index (χ2n) is 5.87. The monoisotopic (exact) mass is 240 g/mol. The first-order chi connectivity index (χ1) is 7.90. The van der Waals surface area contributed by atoms with E-state index in [9.17, 15) is 4.79 Å². The van der Waals surface area contributed by atoms with E-state index >= 15 is 0 Å². The molecule has 0 spiro atoms. The van der Waals surface area contributed by atoms with Crippen LogP contribution in [0.4, 0.5) is 0 Å². The molecule has 3 nitrogen and oxygen atoms in total. The minimum Gasteiger partial charge on any atom is -0.341 e. The van der Waals surface area contributed by atoms with Crippen molar-refractivity contribution in [1.29, 1.82) is 0 Å². The fourth-order valence-electron chi connectivity index (χ4n) is 2.64. The molecule has 0 bridgehead atoms. The average molecular weight is 240 g/mol. The van der Waals surface area contributed by atoms with Gasteiger partial charge in [-0.15, -0.1) is 0 Å². The minimum atomic E-state index is -0.432. The zero-order chi connectivity index (χ0) is 13.1. The van der Waals surface area contributed by atoms with Crippen LogP contribution in [0.2, 0.25) is 0 Å². The molecule has 0 aromatic heterocycles. The number of likely N-dealkylation sites (tertiary alicyclic amines) is 1. The third kappa shape index (κ3) is 3.01. The van der Waals surface area contributed by atoms with E-state index in [2.05, 4.69) is 19.2 Å². The van der Waals surface area contributed by atoms with E-state index in [1.807, 2.05) is 25.8 Å². The van der Waals surface area contributed by atoms with Crippen molar-refractivity contribution in [1.82, 2.24) is 10.2 Å². The summed E-state index contributed by atoms with van der Waals surface area (Å²) in [4.78, 5) is 14.3. The van der Waals surface area contributed by atoms with Gasteiger partial charge in [-0.1, -0.05) is 26.7 Å². The van der Waals surface area contributed by atoms with Crippen LogP contribution in [0.1, 0.15) is 53.4 Å². The lowest BCUT2D eigenvalue weighted by Crippen LogP contribution is -2.55. The van der Waals surface area contributed by atoms with Gasteiger partial charge in [0.15, 0.2) is 0 Å². The van der Waals surface area contributed by atoms with Crippen LogP contribution in [0.3, 0.4) is 0 Å². The topological polar surface area (TPSA) is 32.3 Å². The maximum atomic E-state index is 12.3. The summed E-state index contributed by atoms with van der Waals surface area (Å²) in [5.41, 5.74) is 0.0546. The van der Waals surface area contributed by atoms with Gasteiger partial charge in [-0.25, -0.2) is 0 Å². The molecule has 0 radical (unpaired) electrons. The van der Waals surface area contributed by atoms with Crippen molar-refractivity contribution in [3.8, 4) is 0 Å². The SMILES string of the molecule is CCC1(CC)CCN(C(=O)C(C)(C)NC)CC1. The highest BCUT2D eigenvalue weighted by Crippen LogP contribution is 2.38. The highest BCUT2D eigenvalue weighted by molar-refractivity contribution is 5.85. The molecule has 100 valence electrons. The molecule has 17 heavy (non-hydrogen) atoms. The third-order valence-electron chi connectivity index (χ3n) is 4.77. The zero-order valence-corrected chi connectivity index (χ0v) is 12.1. The Hall–Kier alpha value is -0.570. The van der Waals surface area contributed by atoms with Gasteiger partial charge in [-0.3, -0.25) is 4.79 Å². The normalized spacial score (nSPS) is 20.4. The number of carbonyl (C=O) groups excluding carboxylic acids is 1. The lowest BCUT2D eigenvalue weighted by Gasteiger charge is -2.43. The van der Waals surface area contributed by atoms with Gasteiger partial charge in [-0.2, -0.15) is 0 Å². The highest BCUT2D eigenvalue weighted by Gasteiger charge is 2.37. The molecule has 1 rings (SSSR count). The van der Waals surface area contributed by atoms with Crippen LogP contribution >= 0.6 is 0 Å². The molecule has 0 aromatic rings. The van der Waals surface area contributed by atoms with Crippen LogP contribution in [0.15, 0.2) is 0 Å². The summed E-state index contributed by atoms with van der Waals surface area (Å²) in [5, 5.41) is 3.10. The Balaban J connectivity index is 2.61. The summed E-state index contributed by atoms with van der Waals surface area (Å²) in [6, 6.07) is 0. The van der Waals surface area contributed by atoms with E-state index in [0.717, 1.165) is 25.9 Å². The molecule has 0 aromatic carbocycles. The van der Waals surface area contributed by atoms with Crippen LogP contribution in [0, 0.1) is 5.41 Å². The van der Waals surface area contributed by atoms with Gasteiger partial charge in [0.05, 0.1) is 5.54 Å². The second kappa shape index (κ2) is 5.38. The Labute approximate surface area is 106 Å². The first kappa shape index (κ1) is 14.5. The first-order valence-corrected chi connectivity index (χ1v) is 6.89. The number of piperidine rings is 1. The Morgan fingerprint density at radius 1 is 1.24 bits per heavy atom. The molecule has 1 heterocycles. The molecular formula is C14H28N2O. The molecule has 1 amide bonds. The molecular weight excluding hydrogens is 212 g/mol. The van der Waals surface area contributed by atoms with Crippen LogP contribution in [-0.2, 0) is 4.79 Å². The Bertz CT molecular complexity index is 259. The molecule has 1 aliphatic rings. The quantitative estimate of drug-likeness (QED) is 0.818. The fourth-order valence-corrected chi connectivity index (χ4v) is 2.64. The average Bonchev–Trinajstić information content (AvgIpc) is 2.38. The van der Waals surface area contributed by atoms with Gasteiger partial charge in [0.1, 0.15) is 0 Å². The Kier molecular flexibility index (Phi) is 4.59. The number of likely N-dealkylation sites (N-methyl/N-ethyl adjacent to an activating group) is 1. The third-order valence-corrected chi connectivity index (χ3v) is 4.77. The molecule has 1 fully saturated rings. The lowest BCUT2D eigenvalue weighted by molar-refractivity contribution is -0.139. The molecule has 0 saturated carbocycles. The highest BCUT2D eigenvalue weighted by atomic mass is 16.2. The summed E-state index contributed by atoms with van der Waals surface area (Å²) >= 11 is 0. The predicted molar refractivity (Wildman–Crippen MR) is 72.0 cm³/mol. The van der Waals surface area contributed by atoms with E-state index in [4.69, 9.17) is 0 Å². The zero-order valence-electron chi connectivity index (χ0n) is 12.1. The molecule has 0 unspecified atom stereocenters. The van der Waals surface area contributed by atoms with E-state index in [1.54, 1.807) is 0 Å². The molecule has 1 aliphatic heterocycles. The van der Waals surface area contributed by atoms with Crippen molar-refractivity contribution in [3.05, 3.63) is 0 Å². The summed E-state index contributed by atoms with van der Waals surface area (Å²) in [6.07, 6.45) is 4.79. The first-order valence-electron chi connectivity index (χ1n) is 6.89. The van der Waals surface area contributed by atoms with Crippen LogP contribution < -0.4 is 5.32 Å². The van der Waals surface area contributed by atoms with Crippen molar-refractivity contribution in [3.63, 3.8) is 0 Å². The fraction of sp³-hybridized carbons (Fsp3) is 0.929. The summed E-state index contributed by atoms with van der Waals surface area (Å²) in [5.74, 6) is 0.237. The molecule has 3 heteroatoms. The second-order valence-corrected chi connectivity index (χ2v) is 5.87. The van der Waals surface area contributed by atoms with Crippen LogP contribution in [0.25, 0.3) is 0 Å².